The van der Waals surface area contributed by atoms with Crippen molar-refractivity contribution in [2.45, 2.75) is 57.8 Å². The zero-order valence-corrected chi connectivity index (χ0v) is 32.5. The highest BCUT2D eigenvalue weighted by atomic mass is 16.3. The molecule has 0 unspecified atom stereocenters. The fraction of sp³-hybridized carbons (Fsp3) is 0.173. The number of rotatable bonds is 3. The zero-order chi connectivity index (χ0) is 38.1. The number of hydrogen-bond acceptors (Lipinski definition) is 4. The first kappa shape index (κ1) is 33.0. The van der Waals surface area contributed by atoms with Crippen LogP contribution in [0.5, 0.6) is 0 Å². The maximum Gasteiger partial charge on any atom is 0.164 e. The molecule has 56 heavy (non-hydrogen) atoms. The van der Waals surface area contributed by atoms with Gasteiger partial charge < -0.3 is 4.42 Å². The van der Waals surface area contributed by atoms with Crippen LogP contribution in [-0.4, -0.2) is 15.0 Å². The lowest BCUT2D eigenvalue weighted by molar-refractivity contribution is 0.300. The SMILES string of the molecule is CC1(C)c2cc(-c3nc(-c4ccccc4)nc(-c4cccc5oc6ccccc6c45)n3)ccc2-c2c3c(c4ccccc4c21)-c1ccccc1C(C)(C)C3(C)C. The summed E-state index contributed by atoms with van der Waals surface area (Å²) in [5.74, 6) is 1.91. The fourth-order valence-electron chi connectivity index (χ4n) is 10.0. The molecule has 2 aliphatic carbocycles. The van der Waals surface area contributed by atoms with Crippen molar-refractivity contribution in [1.82, 2.24) is 15.0 Å². The predicted octanol–water partition coefficient (Wildman–Crippen LogP) is 13.5. The van der Waals surface area contributed by atoms with E-state index in [4.69, 9.17) is 19.4 Å². The highest BCUT2D eigenvalue weighted by molar-refractivity contribution is 6.12. The van der Waals surface area contributed by atoms with Crippen LogP contribution in [0.3, 0.4) is 0 Å². The standard InChI is InChI=1S/C52H41N3O/c1-50(2)39-29-31(48-53-47(30-17-8-7-9-18-30)54-49(55-48)37-23-16-26-41-42(37)36-22-13-15-25-40(36)56-41)27-28-35(39)44-45(50)33-20-11-10-19-32(33)43-34-21-12-14-24-38(34)51(3,4)52(5,6)46(43)44/h7-29H,1-6H3. The number of furan rings is 1. The zero-order valence-electron chi connectivity index (χ0n) is 32.5. The van der Waals surface area contributed by atoms with Gasteiger partial charge in [-0.25, -0.2) is 15.0 Å². The third kappa shape index (κ3) is 4.33. The van der Waals surface area contributed by atoms with Crippen LogP contribution in [0.25, 0.3) is 89.1 Å². The molecule has 0 saturated carbocycles. The van der Waals surface area contributed by atoms with Gasteiger partial charge in [0, 0.05) is 38.3 Å². The molecule has 0 N–H and O–H groups in total. The predicted molar refractivity (Wildman–Crippen MR) is 230 cm³/mol. The Bertz CT molecular complexity index is 3110. The molecule has 0 bridgehead atoms. The van der Waals surface area contributed by atoms with E-state index in [-0.39, 0.29) is 16.2 Å². The smallest absolute Gasteiger partial charge is 0.164 e. The Morgan fingerprint density at radius 2 is 1.02 bits per heavy atom. The van der Waals surface area contributed by atoms with Gasteiger partial charge in [0.05, 0.1) is 0 Å². The van der Waals surface area contributed by atoms with Gasteiger partial charge in [0.25, 0.3) is 0 Å². The molecular formula is C52H41N3O. The van der Waals surface area contributed by atoms with Crippen molar-refractivity contribution >= 4 is 32.7 Å². The Morgan fingerprint density at radius 3 is 1.82 bits per heavy atom. The first-order chi connectivity index (χ1) is 27.1. The Morgan fingerprint density at radius 1 is 0.411 bits per heavy atom. The minimum atomic E-state index is -0.286. The number of benzene rings is 7. The van der Waals surface area contributed by atoms with Crippen LogP contribution in [-0.2, 0) is 16.2 Å². The van der Waals surface area contributed by atoms with Gasteiger partial charge in [-0.2, -0.15) is 0 Å². The minimum Gasteiger partial charge on any atom is -0.456 e. The van der Waals surface area contributed by atoms with Crippen LogP contribution in [0.15, 0.2) is 144 Å². The monoisotopic (exact) mass is 723 g/mol. The second-order valence-electron chi connectivity index (χ2n) is 17.2. The Hall–Kier alpha value is -6.39. The summed E-state index contributed by atoms with van der Waals surface area (Å²) in [6.07, 6.45) is 0. The molecule has 0 saturated heterocycles. The molecule has 0 amide bonds. The second kappa shape index (κ2) is 11.3. The molecule has 2 aromatic heterocycles. The first-order valence-corrected chi connectivity index (χ1v) is 19.6. The van der Waals surface area contributed by atoms with Crippen molar-refractivity contribution in [3.05, 3.63) is 162 Å². The molecule has 4 heteroatoms. The average Bonchev–Trinajstić information content (AvgIpc) is 3.72. The van der Waals surface area contributed by atoms with E-state index < -0.39 is 0 Å². The molecule has 0 radical (unpaired) electrons. The molecule has 0 aliphatic heterocycles. The van der Waals surface area contributed by atoms with Gasteiger partial charge in [0.2, 0.25) is 0 Å². The lowest BCUT2D eigenvalue weighted by Crippen LogP contribution is -2.44. The van der Waals surface area contributed by atoms with Crippen molar-refractivity contribution in [3.63, 3.8) is 0 Å². The Labute approximate surface area is 326 Å². The van der Waals surface area contributed by atoms with Gasteiger partial charge in [0.1, 0.15) is 11.2 Å². The molecule has 9 aromatic rings. The molecule has 11 rings (SSSR count). The van der Waals surface area contributed by atoms with E-state index in [1.165, 1.54) is 55.3 Å². The maximum atomic E-state index is 6.29. The molecule has 0 spiro atoms. The van der Waals surface area contributed by atoms with E-state index in [2.05, 4.69) is 133 Å². The van der Waals surface area contributed by atoms with Gasteiger partial charge in [-0.3, -0.25) is 0 Å². The van der Waals surface area contributed by atoms with Gasteiger partial charge in [-0.15, -0.1) is 0 Å². The van der Waals surface area contributed by atoms with Gasteiger partial charge in [-0.1, -0.05) is 163 Å². The van der Waals surface area contributed by atoms with Crippen LogP contribution < -0.4 is 0 Å². The van der Waals surface area contributed by atoms with E-state index in [1.807, 2.05) is 48.5 Å². The van der Waals surface area contributed by atoms with E-state index >= 15 is 0 Å². The molecule has 4 nitrogen and oxygen atoms in total. The number of nitrogens with zero attached hydrogens (tertiary/aromatic N) is 3. The lowest BCUT2D eigenvalue weighted by Gasteiger charge is -2.50. The van der Waals surface area contributed by atoms with Crippen LogP contribution >= 0.6 is 0 Å². The van der Waals surface area contributed by atoms with E-state index in [9.17, 15) is 0 Å². The first-order valence-electron chi connectivity index (χ1n) is 19.6. The summed E-state index contributed by atoms with van der Waals surface area (Å²) < 4.78 is 6.29. The molecule has 7 aromatic carbocycles. The van der Waals surface area contributed by atoms with E-state index in [0.29, 0.717) is 17.5 Å². The van der Waals surface area contributed by atoms with Crippen LogP contribution in [0.4, 0.5) is 0 Å². The minimum absolute atomic E-state index is 0.0993. The highest BCUT2D eigenvalue weighted by Gasteiger charge is 2.51. The third-order valence-corrected chi connectivity index (χ3v) is 13.4. The third-order valence-electron chi connectivity index (χ3n) is 13.4. The van der Waals surface area contributed by atoms with E-state index in [0.717, 1.165) is 38.6 Å². The van der Waals surface area contributed by atoms with Gasteiger partial charge in [0.15, 0.2) is 17.5 Å². The average molecular weight is 724 g/mol. The largest absolute Gasteiger partial charge is 0.456 e. The molecule has 0 atom stereocenters. The Balaban J connectivity index is 1.17. The number of aromatic nitrogens is 3. The Kier molecular flexibility index (Phi) is 6.68. The summed E-state index contributed by atoms with van der Waals surface area (Å²) in [6, 6.07) is 49.6. The number of para-hydroxylation sites is 1. The second-order valence-corrected chi connectivity index (χ2v) is 17.2. The fourth-order valence-corrected chi connectivity index (χ4v) is 10.0. The van der Waals surface area contributed by atoms with Crippen molar-refractivity contribution < 1.29 is 4.42 Å². The van der Waals surface area contributed by atoms with Gasteiger partial charge in [-0.05, 0) is 78.9 Å². The number of hydrogen-bond donors (Lipinski definition) is 0. The quantitative estimate of drug-likeness (QED) is 0.182. The molecular weight excluding hydrogens is 683 g/mol. The summed E-state index contributed by atoms with van der Waals surface area (Å²) in [5.41, 5.74) is 14.9. The molecule has 2 aliphatic rings. The molecule has 0 fully saturated rings. The summed E-state index contributed by atoms with van der Waals surface area (Å²) >= 11 is 0. The summed E-state index contributed by atoms with van der Waals surface area (Å²) in [6.45, 7) is 14.6. The summed E-state index contributed by atoms with van der Waals surface area (Å²) in [5, 5.41) is 4.70. The topological polar surface area (TPSA) is 51.8 Å². The van der Waals surface area contributed by atoms with Crippen molar-refractivity contribution in [2.75, 3.05) is 0 Å². The molecule has 2 heterocycles. The van der Waals surface area contributed by atoms with Crippen LogP contribution in [0, 0.1) is 0 Å². The van der Waals surface area contributed by atoms with Crippen molar-refractivity contribution in [1.29, 1.82) is 0 Å². The van der Waals surface area contributed by atoms with Crippen molar-refractivity contribution in [2.24, 2.45) is 0 Å². The van der Waals surface area contributed by atoms with E-state index in [1.54, 1.807) is 0 Å². The number of fused-ring (bicyclic) bond motifs is 13. The normalized spacial score (nSPS) is 15.8. The van der Waals surface area contributed by atoms with Crippen molar-refractivity contribution in [3.8, 4) is 56.4 Å². The maximum absolute atomic E-state index is 6.29. The van der Waals surface area contributed by atoms with Crippen LogP contribution in [0.1, 0.15) is 63.8 Å². The summed E-state index contributed by atoms with van der Waals surface area (Å²) in [4.78, 5) is 15.6. The highest BCUT2D eigenvalue weighted by Crippen LogP contribution is 2.63. The summed E-state index contributed by atoms with van der Waals surface area (Å²) in [7, 11) is 0. The molecule has 270 valence electrons. The van der Waals surface area contributed by atoms with Gasteiger partial charge >= 0.3 is 0 Å². The van der Waals surface area contributed by atoms with Crippen LogP contribution in [0.2, 0.25) is 0 Å². The lowest BCUT2D eigenvalue weighted by atomic mass is 9.53.